The summed E-state index contributed by atoms with van der Waals surface area (Å²) in [6, 6.07) is 8.98. The molecule has 1 atom stereocenters. The van der Waals surface area contributed by atoms with Gasteiger partial charge in [-0.3, -0.25) is 4.90 Å². The summed E-state index contributed by atoms with van der Waals surface area (Å²) >= 11 is 0. The maximum atomic E-state index is 5.99. The highest BCUT2D eigenvalue weighted by molar-refractivity contribution is 5.52. The molecule has 0 aliphatic carbocycles. The van der Waals surface area contributed by atoms with Gasteiger partial charge in [0, 0.05) is 18.2 Å². The van der Waals surface area contributed by atoms with Gasteiger partial charge in [0.2, 0.25) is 11.8 Å². The van der Waals surface area contributed by atoms with Gasteiger partial charge < -0.3 is 9.32 Å². The zero-order chi connectivity index (χ0) is 16.5. The van der Waals surface area contributed by atoms with Crippen molar-refractivity contribution in [2.45, 2.75) is 38.1 Å². The molecular weight excluding hydrogens is 300 g/mol. The van der Waals surface area contributed by atoms with E-state index in [-0.39, 0.29) is 0 Å². The number of piperidine rings is 1. The average Bonchev–Trinajstić information content (AvgIpc) is 3.25. The first-order chi connectivity index (χ1) is 11.7. The van der Waals surface area contributed by atoms with Gasteiger partial charge in [0.25, 0.3) is 0 Å². The zero-order valence-electron chi connectivity index (χ0n) is 14.6. The first-order valence-corrected chi connectivity index (χ1v) is 9.02. The molecule has 128 valence electrons. The van der Waals surface area contributed by atoms with Crippen molar-refractivity contribution < 1.29 is 4.42 Å². The Morgan fingerprint density at radius 1 is 1.00 bits per heavy atom. The monoisotopic (exact) mass is 326 g/mol. The fraction of sp³-hybridized carbons (Fsp3) is 0.579. The van der Waals surface area contributed by atoms with Gasteiger partial charge in [-0.05, 0) is 65.0 Å². The molecule has 0 spiro atoms. The van der Waals surface area contributed by atoms with Crippen LogP contribution in [0.1, 0.15) is 36.6 Å². The van der Waals surface area contributed by atoms with Gasteiger partial charge in [-0.25, -0.2) is 0 Å². The van der Waals surface area contributed by atoms with Crippen LogP contribution in [0.3, 0.4) is 0 Å². The van der Waals surface area contributed by atoms with Gasteiger partial charge in [0.1, 0.15) is 0 Å². The third-order valence-corrected chi connectivity index (χ3v) is 5.51. The maximum absolute atomic E-state index is 5.99. The van der Waals surface area contributed by atoms with E-state index in [1.165, 1.54) is 31.5 Å². The van der Waals surface area contributed by atoms with E-state index in [1.807, 2.05) is 12.1 Å². The molecule has 2 saturated heterocycles. The average molecular weight is 326 g/mol. The Bertz CT molecular complexity index is 673. The number of likely N-dealkylation sites (tertiary alicyclic amines) is 2. The van der Waals surface area contributed by atoms with E-state index in [0.29, 0.717) is 11.8 Å². The summed E-state index contributed by atoms with van der Waals surface area (Å²) in [5.41, 5.74) is 2.24. The van der Waals surface area contributed by atoms with E-state index in [4.69, 9.17) is 4.42 Å². The molecule has 2 aromatic rings. The van der Waals surface area contributed by atoms with Crippen molar-refractivity contribution in [2.24, 2.45) is 0 Å². The van der Waals surface area contributed by atoms with Crippen molar-refractivity contribution in [2.75, 3.05) is 33.2 Å². The summed E-state index contributed by atoms with van der Waals surface area (Å²) in [6.07, 6.45) is 3.69. The molecule has 24 heavy (non-hydrogen) atoms. The minimum Gasteiger partial charge on any atom is -0.420 e. The van der Waals surface area contributed by atoms with Crippen molar-refractivity contribution in [3.05, 3.63) is 35.7 Å². The SMILES string of the molecule is Cc1ccc(-c2nnc(C3CCN(C4CCN(C)CC4)C3)o2)cc1. The largest absolute Gasteiger partial charge is 0.420 e. The van der Waals surface area contributed by atoms with Crippen LogP contribution in [0.25, 0.3) is 11.5 Å². The molecule has 0 amide bonds. The molecule has 2 aliphatic rings. The molecule has 0 bridgehead atoms. The second kappa shape index (κ2) is 6.65. The van der Waals surface area contributed by atoms with Gasteiger partial charge in [0.15, 0.2) is 0 Å². The summed E-state index contributed by atoms with van der Waals surface area (Å²) in [7, 11) is 2.22. The van der Waals surface area contributed by atoms with E-state index >= 15 is 0 Å². The van der Waals surface area contributed by atoms with E-state index in [0.717, 1.165) is 37.0 Å². The molecule has 2 aliphatic heterocycles. The fourth-order valence-corrected chi connectivity index (χ4v) is 3.89. The predicted octanol–water partition coefficient (Wildman–Crippen LogP) is 2.93. The molecule has 3 heterocycles. The van der Waals surface area contributed by atoms with Crippen LogP contribution in [0.2, 0.25) is 0 Å². The van der Waals surface area contributed by atoms with Gasteiger partial charge in [-0.2, -0.15) is 0 Å². The van der Waals surface area contributed by atoms with Gasteiger partial charge >= 0.3 is 0 Å². The summed E-state index contributed by atoms with van der Waals surface area (Å²) < 4.78 is 5.99. The molecule has 1 aromatic carbocycles. The number of hydrogen-bond donors (Lipinski definition) is 0. The molecule has 1 aromatic heterocycles. The summed E-state index contributed by atoms with van der Waals surface area (Å²) in [4.78, 5) is 5.06. The normalized spacial score (nSPS) is 23.8. The first kappa shape index (κ1) is 15.8. The Labute approximate surface area is 143 Å². The topological polar surface area (TPSA) is 45.4 Å². The van der Waals surface area contributed by atoms with Crippen molar-refractivity contribution in [3.63, 3.8) is 0 Å². The maximum Gasteiger partial charge on any atom is 0.247 e. The minimum atomic E-state index is 0.386. The number of rotatable bonds is 3. The number of nitrogens with zero attached hydrogens (tertiary/aromatic N) is 4. The molecule has 0 N–H and O–H groups in total. The summed E-state index contributed by atoms with van der Waals surface area (Å²) in [5, 5.41) is 8.60. The molecule has 0 radical (unpaired) electrons. The van der Waals surface area contributed by atoms with E-state index in [1.54, 1.807) is 0 Å². The van der Waals surface area contributed by atoms with Crippen LogP contribution >= 0.6 is 0 Å². The predicted molar refractivity (Wildman–Crippen MR) is 93.9 cm³/mol. The molecular formula is C19H26N4O. The smallest absolute Gasteiger partial charge is 0.247 e. The minimum absolute atomic E-state index is 0.386. The molecule has 5 heteroatoms. The van der Waals surface area contributed by atoms with Crippen molar-refractivity contribution in [1.29, 1.82) is 0 Å². The van der Waals surface area contributed by atoms with Crippen LogP contribution < -0.4 is 0 Å². The highest BCUT2D eigenvalue weighted by Crippen LogP contribution is 2.31. The molecule has 4 rings (SSSR count). The van der Waals surface area contributed by atoms with Crippen LogP contribution in [0.15, 0.2) is 28.7 Å². The second-order valence-corrected chi connectivity index (χ2v) is 7.33. The standard InChI is InChI=1S/C19H26N4O/c1-14-3-5-15(6-4-14)18-20-21-19(24-18)16-7-12-23(13-16)17-8-10-22(2)11-9-17/h3-6,16-17H,7-13H2,1-2H3. The van der Waals surface area contributed by atoms with Crippen molar-refractivity contribution in [1.82, 2.24) is 20.0 Å². The van der Waals surface area contributed by atoms with Crippen molar-refractivity contribution >= 4 is 0 Å². The van der Waals surface area contributed by atoms with E-state index in [2.05, 4.69) is 46.1 Å². The quantitative estimate of drug-likeness (QED) is 0.868. The number of hydrogen-bond acceptors (Lipinski definition) is 5. The lowest BCUT2D eigenvalue weighted by atomic mass is 10.0. The molecule has 2 fully saturated rings. The third kappa shape index (κ3) is 3.23. The lowest BCUT2D eigenvalue weighted by molar-refractivity contribution is 0.141. The zero-order valence-corrected chi connectivity index (χ0v) is 14.6. The fourth-order valence-electron chi connectivity index (χ4n) is 3.89. The van der Waals surface area contributed by atoms with E-state index < -0.39 is 0 Å². The summed E-state index contributed by atoms with van der Waals surface area (Å²) in [6.45, 7) is 6.72. The summed E-state index contributed by atoms with van der Waals surface area (Å²) in [5.74, 6) is 1.83. The van der Waals surface area contributed by atoms with Crippen LogP contribution in [0, 0.1) is 6.92 Å². The van der Waals surface area contributed by atoms with Crippen LogP contribution in [0.5, 0.6) is 0 Å². The lowest BCUT2D eigenvalue weighted by Crippen LogP contribution is -2.42. The van der Waals surface area contributed by atoms with Crippen molar-refractivity contribution in [3.8, 4) is 11.5 Å². The van der Waals surface area contributed by atoms with Gasteiger partial charge in [-0.1, -0.05) is 17.7 Å². The van der Waals surface area contributed by atoms with Gasteiger partial charge in [-0.15, -0.1) is 10.2 Å². The van der Waals surface area contributed by atoms with Crippen LogP contribution in [-0.4, -0.2) is 59.3 Å². The Morgan fingerprint density at radius 3 is 2.50 bits per heavy atom. The Morgan fingerprint density at radius 2 is 1.75 bits per heavy atom. The lowest BCUT2D eigenvalue weighted by Gasteiger charge is -2.35. The highest BCUT2D eigenvalue weighted by atomic mass is 16.4. The van der Waals surface area contributed by atoms with Crippen LogP contribution in [0.4, 0.5) is 0 Å². The van der Waals surface area contributed by atoms with E-state index in [9.17, 15) is 0 Å². The number of benzene rings is 1. The Balaban J connectivity index is 1.41. The number of aryl methyl sites for hydroxylation is 1. The highest BCUT2D eigenvalue weighted by Gasteiger charge is 2.33. The Hall–Kier alpha value is -1.72. The molecule has 0 saturated carbocycles. The number of aromatic nitrogens is 2. The molecule has 1 unspecified atom stereocenters. The van der Waals surface area contributed by atoms with Crippen LogP contribution in [-0.2, 0) is 0 Å². The third-order valence-electron chi connectivity index (χ3n) is 5.51. The van der Waals surface area contributed by atoms with Gasteiger partial charge in [0.05, 0.1) is 5.92 Å². The Kier molecular flexibility index (Phi) is 4.37. The second-order valence-electron chi connectivity index (χ2n) is 7.33. The molecule has 5 nitrogen and oxygen atoms in total. The first-order valence-electron chi connectivity index (χ1n) is 9.02.